The van der Waals surface area contributed by atoms with Crippen LogP contribution in [0.5, 0.6) is 0 Å². The van der Waals surface area contributed by atoms with Crippen LogP contribution in [0.3, 0.4) is 0 Å². The fourth-order valence-electron chi connectivity index (χ4n) is 3.37. The van der Waals surface area contributed by atoms with Gasteiger partial charge in [0.1, 0.15) is 5.60 Å². The molecule has 1 aromatic carbocycles. The van der Waals surface area contributed by atoms with E-state index in [0.717, 1.165) is 41.4 Å². The van der Waals surface area contributed by atoms with Crippen LogP contribution < -0.4 is 5.32 Å². The van der Waals surface area contributed by atoms with E-state index in [1.807, 2.05) is 45.0 Å². The highest BCUT2D eigenvalue weighted by Crippen LogP contribution is 2.49. The van der Waals surface area contributed by atoms with Crippen molar-refractivity contribution in [3.05, 3.63) is 46.1 Å². The third-order valence-electron chi connectivity index (χ3n) is 5.10. The van der Waals surface area contributed by atoms with Crippen LogP contribution in [-0.4, -0.2) is 27.4 Å². The number of anilines is 1. The Kier molecular flexibility index (Phi) is 4.61. The highest BCUT2D eigenvalue weighted by molar-refractivity contribution is 9.10. The maximum atomic E-state index is 13.0. The predicted octanol–water partition coefficient (Wildman–Crippen LogP) is 4.98. The standard InChI is InChI=1S/C21H24BrN3O3/c1-20(2,3)28-19(27)25-16(13-7-8-13)12-17(24-25)23-18(26)21(9-10-21)14-5-4-6-15(22)11-14/h4-6,11-13H,7-10H2,1-3H3,(H,23,24,26). The first-order valence-electron chi connectivity index (χ1n) is 9.59. The van der Waals surface area contributed by atoms with E-state index in [4.69, 9.17) is 4.74 Å². The lowest BCUT2D eigenvalue weighted by Crippen LogP contribution is -2.29. The largest absolute Gasteiger partial charge is 0.442 e. The highest BCUT2D eigenvalue weighted by Gasteiger charge is 2.51. The first-order valence-corrected chi connectivity index (χ1v) is 10.4. The number of nitrogens with zero attached hydrogens (tertiary/aromatic N) is 2. The average molecular weight is 446 g/mol. The second-order valence-corrected chi connectivity index (χ2v) is 9.58. The zero-order chi connectivity index (χ0) is 20.1. The Bertz CT molecular complexity index is 937. The summed E-state index contributed by atoms with van der Waals surface area (Å²) >= 11 is 3.48. The van der Waals surface area contributed by atoms with Crippen molar-refractivity contribution < 1.29 is 14.3 Å². The number of carbonyl (C=O) groups excluding carboxylic acids is 2. The Hall–Kier alpha value is -2.15. The van der Waals surface area contributed by atoms with Gasteiger partial charge >= 0.3 is 6.09 Å². The lowest BCUT2D eigenvalue weighted by molar-refractivity contribution is -0.118. The van der Waals surface area contributed by atoms with Crippen molar-refractivity contribution in [2.45, 2.75) is 63.4 Å². The van der Waals surface area contributed by atoms with E-state index < -0.39 is 17.1 Å². The Morgan fingerprint density at radius 3 is 2.54 bits per heavy atom. The van der Waals surface area contributed by atoms with Crippen molar-refractivity contribution in [1.82, 2.24) is 9.78 Å². The first-order chi connectivity index (χ1) is 13.2. The van der Waals surface area contributed by atoms with Crippen molar-refractivity contribution in [3.63, 3.8) is 0 Å². The summed E-state index contributed by atoms with van der Waals surface area (Å²) in [5.74, 6) is 0.617. The number of rotatable bonds is 4. The minimum Gasteiger partial charge on any atom is -0.442 e. The summed E-state index contributed by atoms with van der Waals surface area (Å²) in [4.78, 5) is 25.6. The van der Waals surface area contributed by atoms with Crippen molar-refractivity contribution in [1.29, 1.82) is 0 Å². The molecule has 6 nitrogen and oxygen atoms in total. The van der Waals surface area contributed by atoms with E-state index in [0.29, 0.717) is 11.7 Å². The Morgan fingerprint density at radius 1 is 1.25 bits per heavy atom. The summed E-state index contributed by atoms with van der Waals surface area (Å²) in [6, 6.07) is 9.65. The molecule has 0 unspecified atom stereocenters. The zero-order valence-corrected chi connectivity index (χ0v) is 17.9. The topological polar surface area (TPSA) is 73.2 Å². The predicted molar refractivity (Wildman–Crippen MR) is 110 cm³/mol. The van der Waals surface area contributed by atoms with E-state index in [9.17, 15) is 9.59 Å². The number of carbonyl (C=O) groups is 2. The number of halogens is 1. The number of amides is 1. The molecule has 0 saturated heterocycles. The SMILES string of the molecule is CC(C)(C)OC(=O)n1nc(NC(=O)C2(c3cccc(Br)c3)CC2)cc1C1CC1. The molecule has 1 N–H and O–H groups in total. The van der Waals surface area contributed by atoms with Gasteiger partial charge in [-0.1, -0.05) is 28.1 Å². The quantitative estimate of drug-likeness (QED) is 0.719. The summed E-state index contributed by atoms with van der Waals surface area (Å²) in [6.07, 6.45) is 3.13. The molecule has 148 valence electrons. The minimum atomic E-state index is -0.605. The summed E-state index contributed by atoms with van der Waals surface area (Å²) in [7, 11) is 0. The Labute approximate surface area is 172 Å². The van der Waals surface area contributed by atoms with E-state index in [2.05, 4.69) is 26.3 Å². The molecule has 2 aromatic rings. The minimum absolute atomic E-state index is 0.0817. The van der Waals surface area contributed by atoms with Crippen molar-refractivity contribution in [3.8, 4) is 0 Å². The summed E-state index contributed by atoms with van der Waals surface area (Å²) < 4.78 is 7.72. The van der Waals surface area contributed by atoms with Gasteiger partial charge in [0.15, 0.2) is 5.82 Å². The molecule has 2 fully saturated rings. The third kappa shape index (κ3) is 3.85. The van der Waals surface area contributed by atoms with Crippen LogP contribution in [0.2, 0.25) is 0 Å². The van der Waals surface area contributed by atoms with E-state index in [1.165, 1.54) is 4.68 Å². The number of nitrogens with one attached hydrogen (secondary N) is 1. The molecule has 28 heavy (non-hydrogen) atoms. The van der Waals surface area contributed by atoms with Crippen LogP contribution in [0.4, 0.5) is 10.6 Å². The van der Waals surface area contributed by atoms with E-state index in [-0.39, 0.29) is 5.91 Å². The molecule has 0 radical (unpaired) electrons. The van der Waals surface area contributed by atoms with Gasteiger partial charge in [0.25, 0.3) is 0 Å². The molecule has 4 rings (SSSR count). The van der Waals surface area contributed by atoms with Gasteiger partial charge < -0.3 is 10.1 Å². The smallest absolute Gasteiger partial charge is 0.435 e. The van der Waals surface area contributed by atoms with Crippen LogP contribution in [-0.2, 0) is 14.9 Å². The van der Waals surface area contributed by atoms with E-state index in [1.54, 1.807) is 6.07 Å². The van der Waals surface area contributed by atoms with Gasteiger partial charge in [-0.25, -0.2) is 4.79 Å². The molecule has 2 saturated carbocycles. The third-order valence-corrected chi connectivity index (χ3v) is 5.60. The Morgan fingerprint density at radius 2 is 1.96 bits per heavy atom. The van der Waals surface area contributed by atoms with E-state index >= 15 is 0 Å². The molecule has 0 atom stereocenters. The molecule has 1 amide bonds. The lowest BCUT2D eigenvalue weighted by atomic mass is 9.95. The molecule has 0 aliphatic heterocycles. The van der Waals surface area contributed by atoms with Crippen LogP contribution >= 0.6 is 15.9 Å². The molecule has 2 aliphatic carbocycles. The maximum absolute atomic E-state index is 13.0. The summed E-state index contributed by atoms with van der Waals surface area (Å²) in [5, 5.41) is 7.28. The summed E-state index contributed by atoms with van der Waals surface area (Å²) in [5.41, 5.74) is 0.677. The van der Waals surface area contributed by atoms with Gasteiger partial charge in [-0.2, -0.15) is 4.68 Å². The lowest BCUT2D eigenvalue weighted by Gasteiger charge is -2.19. The molecule has 0 bridgehead atoms. The number of ether oxygens (including phenoxy) is 1. The van der Waals surface area contributed by atoms with Crippen molar-refractivity contribution in [2.75, 3.05) is 5.32 Å². The van der Waals surface area contributed by atoms with Crippen LogP contribution in [0.25, 0.3) is 0 Å². The Balaban J connectivity index is 1.56. The van der Waals surface area contributed by atoms with Crippen LogP contribution in [0.15, 0.2) is 34.8 Å². The maximum Gasteiger partial charge on any atom is 0.435 e. The monoisotopic (exact) mass is 445 g/mol. The molecule has 0 spiro atoms. The van der Waals surface area contributed by atoms with Gasteiger partial charge in [0.2, 0.25) is 5.91 Å². The molecular formula is C21H24BrN3O3. The van der Waals surface area contributed by atoms with Gasteiger partial charge in [0.05, 0.1) is 11.1 Å². The molecule has 1 aromatic heterocycles. The first kappa shape index (κ1) is 19.2. The van der Waals surface area contributed by atoms with Crippen LogP contribution in [0, 0.1) is 0 Å². The molecule has 7 heteroatoms. The molecular weight excluding hydrogens is 422 g/mol. The number of hydrogen-bond acceptors (Lipinski definition) is 4. The zero-order valence-electron chi connectivity index (χ0n) is 16.3. The second kappa shape index (κ2) is 6.72. The normalized spacial score (nSPS) is 17.9. The summed E-state index contributed by atoms with van der Waals surface area (Å²) in [6.45, 7) is 5.47. The molecule has 1 heterocycles. The number of aromatic nitrogens is 2. The van der Waals surface area contributed by atoms with Gasteiger partial charge in [-0.15, -0.1) is 5.10 Å². The van der Waals surface area contributed by atoms with Gasteiger partial charge in [-0.3, -0.25) is 4.79 Å². The van der Waals surface area contributed by atoms with Gasteiger partial charge in [0, 0.05) is 16.5 Å². The van der Waals surface area contributed by atoms with Gasteiger partial charge in [-0.05, 0) is 64.2 Å². The average Bonchev–Trinajstić information content (AvgIpc) is 3.51. The fraction of sp³-hybridized carbons (Fsp3) is 0.476. The van der Waals surface area contributed by atoms with Crippen molar-refractivity contribution >= 4 is 33.7 Å². The number of benzene rings is 1. The van der Waals surface area contributed by atoms with Crippen LogP contribution in [0.1, 0.15) is 63.6 Å². The second-order valence-electron chi connectivity index (χ2n) is 8.67. The number of hydrogen-bond donors (Lipinski definition) is 1. The molecule has 2 aliphatic rings. The van der Waals surface area contributed by atoms with Crippen molar-refractivity contribution in [2.24, 2.45) is 0 Å². The fourth-order valence-corrected chi connectivity index (χ4v) is 3.77. The highest BCUT2D eigenvalue weighted by atomic mass is 79.9.